The van der Waals surface area contributed by atoms with Gasteiger partial charge in [0.2, 0.25) is 0 Å². The number of methoxy groups -OCH3 is 1. The second-order valence-corrected chi connectivity index (χ2v) is 11.8. The Bertz CT molecular complexity index is 1380. The Balaban J connectivity index is 1.32. The lowest BCUT2D eigenvalue weighted by atomic mass is 9.92. The minimum atomic E-state index is -0.127. The van der Waals surface area contributed by atoms with Crippen molar-refractivity contribution in [1.82, 2.24) is 20.2 Å². The molecule has 1 N–H and O–H groups in total. The Morgan fingerprint density at radius 2 is 1.75 bits per heavy atom. The van der Waals surface area contributed by atoms with E-state index in [1.165, 1.54) is 16.7 Å². The molecule has 1 saturated heterocycles. The smallest absolute Gasteiger partial charge is 0.305 e. The Hall–Kier alpha value is -3.72. The van der Waals surface area contributed by atoms with Gasteiger partial charge in [0.1, 0.15) is 18.3 Å². The van der Waals surface area contributed by atoms with E-state index in [0.717, 1.165) is 56.2 Å². The van der Waals surface area contributed by atoms with Gasteiger partial charge in [0.15, 0.2) is 0 Å². The number of ether oxygens (including phenoxy) is 2. The maximum absolute atomic E-state index is 11.7. The summed E-state index contributed by atoms with van der Waals surface area (Å²) in [5.41, 5.74) is 8.30. The van der Waals surface area contributed by atoms with E-state index in [4.69, 9.17) is 14.5 Å². The van der Waals surface area contributed by atoms with Gasteiger partial charge in [-0.1, -0.05) is 66.7 Å². The minimum Gasteiger partial charge on any atom is -0.497 e. The van der Waals surface area contributed by atoms with Crippen LogP contribution in [0.5, 0.6) is 5.75 Å². The molecule has 0 aromatic heterocycles. The number of hydrogen-bond acceptors (Lipinski definition) is 8. The van der Waals surface area contributed by atoms with Crippen LogP contribution in [0.2, 0.25) is 0 Å². The molecule has 0 amide bonds. The second-order valence-electron chi connectivity index (χ2n) is 11.8. The van der Waals surface area contributed by atoms with Crippen molar-refractivity contribution < 1.29 is 14.3 Å². The van der Waals surface area contributed by atoms with Crippen LogP contribution in [0.1, 0.15) is 68.3 Å². The Labute approximate surface area is 262 Å². The molecule has 0 aliphatic carbocycles. The highest BCUT2D eigenvalue weighted by Crippen LogP contribution is 2.35. The van der Waals surface area contributed by atoms with Gasteiger partial charge in [-0.25, -0.2) is 10.4 Å². The summed E-state index contributed by atoms with van der Waals surface area (Å²) in [6.45, 7) is 11.3. The molecule has 8 heteroatoms. The zero-order valence-electron chi connectivity index (χ0n) is 26.6. The fourth-order valence-electron chi connectivity index (χ4n) is 6.38. The largest absolute Gasteiger partial charge is 0.497 e. The molecule has 0 saturated carbocycles. The van der Waals surface area contributed by atoms with E-state index >= 15 is 0 Å². The lowest BCUT2D eigenvalue weighted by Gasteiger charge is -2.47. The van der Waals surface area contributed by atoms with E-state index < -0.39 is 0 Å². The zero-order valence-corrected chi connectivity index (χ0v) is 26.6. The van der Waals surface area contributed by atoms with Crippen LogP contribution in [0.4, 0.5) is 0 Å². The normalized spacial score (nSPS) is 19.9. The third kappa shape index (κ3) is 7.86. The van der Waals surface area contributed by atoms with E-state index in [-0.39, 0.29) is 12.0 Å². The van der Waals surface area contributed by atoms with Gasteiger partial charge < -0.3 is 9.47 Å². The van der Waals surface area contributed by atoms with Crippen molar-refractivity contribution in [3.63, 3.8) is 0 Å². The fraction of sp³-hybridized carbons (Fsp3) is 0.444. The number of carbonyl (C=O) groups excluding carboxylic acids is 1. The van der Waals surface area contributed by atoms with Crippen LogP contribution >= 0.6 is 0 Å². The van der Waals surface area contributed by atoms with E-state index in [9.17, 15) is 4.79 Å². The van der Waals surface area contributed by atoms with Gasteiger partial charge >= 0.3 is 5.97 Å². The molecule has 3 atom stereocenters. The first-order valence-corrected chi connectivity index (χ1v) is 16.0. The number of nitrogens with one attached hydrogen (secondary N) is 1. The van der Waals surface area contributed by atoms with Gasteiger partial charge in [-0.15, -0.1) is 0 Å². The van der Waals surface area contributed by atoms with Crippen LogP contribution in [0.25, 0.3) is 0 Å². The highest BCUT2D eigenvalue weighted by Gasteiger charge is 2.35. The van der Waals surface area contributed by atoms with Crippen molar-refractivity contribution in [2.24, 2.45) is 4.99 Å². The van der Waals surface area contributed by atoms with Crippen LogP contribution in [-0.4, -0.2) is 78.7 Å². The molecule has 0 spiro atoms. The number of hydrogen-bond donors (Lipinski definition) is 1. The predicted octanol–water partition coefficient (Wildman–Crippen LogP) is 5.64. The molecular weight excluding hydrogens is 550 g/mol. The number of carbonyl (C=O) groups is 1. The van der Waals surface area contributed by atoms with Crippen LogP contribution in [0.3, 0.4) is 0 Å². The fourth-order valence-corrected chi connectivity index (χ4v) is 6.38. The maximum Gasteiger partial charge on any atom is 0.305 e. The van der Waals surface area contributed by atoms with E-state index in [2.05, 4.69) is 107 Å². The van der Waals surface area contributed by atoms with E-state index in [1.807, 2.05) is 13.0 Å². The molecule has 0 bridgehead atoms. The first-order chi connectivity index (χ1) is 21.5. The van der Waals surface area contributed by atoms with Crippen molar-refractivity contribution in [2.45, 2.75) is 64.7 Å². The Morgan fingerprint density at radius 1 is 0.955 bits per heavy atom. The van der Waals surface area contributed by atoms with E-state index in [1.54, 1.807) is 7.11 Å². The first-order valence-electron chi connectivity index (χ1n) is 16.0. The molecule has 234 valence electrons. The highest BCUT2D eigenvalue weighted by atomic mass is 16.5. The number of piperazine rings is 1. The molecule has 8 nitrogen and oxygen atoms in total. The summed E-state index contributed by atoms with van der Waals surface area (Å²) < 4.78 is 10.7. The summed E-state index contributed by atoms with van der Waals surface area (Å²) in [5.74, 6) is 1.69. The summed E-state index contributed by atoms with van der Waals surface area (Å²) in [5, 5.41) is 2.11. The summed E-state index contributed by atoms with van der Waals surface area (Å²) in [7, 11) is 1.73. The standard InChI is InChI=1S/C36H47N5O3/c1-5-44-34(42)16-9-10-21-41-36(37-26-38-41)31-19-17-30(18-20-31)35(32-14-11-15-33(22-32)43-4)40-24-27(2)39(23-28(40)3)25-29-12-7-6-8-13-29/h6-8,11-15,17-20,22,27-28,35,38H,5,9-10,16,21,23-26H2,1-4H3/t27-,28+,35-/m1/s1. The molecule has 1 fully saturated rings. The van der Waals surface area contributed by atoms with Gasteiger partial charge in [-0.3, -0.25) is 19.6 Å². The summed E-state index contributed by atoms with van der Waals surface area (Å²) in [6.07, 6.45) is 2.12. The summed E-state index contributed by atoms with van der Waals surface area (Å²) in [4.78, 5) is 21.7. The third-order valence-electron chi connectivity index (χ3n) is 8.68. The van der Waals surface area contributed by atoms with E-state index in [0.29, 0.717) is 31.8 Å². The van der Waals surface area contributed by atoms with Crippen LogP contribution in [0.15, 0.2) is 83.9 Å². The minimum absolute atomic E-state index is 0.0955. The van der Waals surface area contributed by atoms with Crippen molar-refractivity contribution in [3.8, 4) is 5.75 Å². The van der Waals surface area contributed by atoms with Crippen LogP contribution < -0.4 is 10.2 Å². The van der Waals surface area contributed by atoms with Crippen LogP contribution in [-0.2, 0) is 16.1 Å². The van der Waals surface area contributed by atoms with Crippen molar-refractivity contribution >= 4 is 11.8 Å². The SMILES string of the molecule is CCOC(=O)CCCCN1NCN=C1c1ccc([C@H](c2cccc(OC)c2)N2C[C@@H](C)N(Cc3ccccc3)C[C@@H]2C)cc1. The number of benzene rings is 3. The predicted molar refractivity (Wildman–Crippen MR) is 175 cm³/mol. The lowest BCUT2D eigenvalue weighted by Crippen LogP contribution is -2.56. The summed E-state index contributed by atoms with van der Waals surface area (Å²) in [6, 6.07) is 29.0. The van der Waals surface area contributed by atoms with Gasteiger partial charge in [0, 0.05) is 50.2 Å². The zero-order chi connectivity index (χ0) is 30.9. The van der Waals surface area contributed by atoms with Gasteiger partial charge in [0.25, 0.3) is 0 Å². The average Bonchev–Trinajstić information content (AvgIpc) is 3.51. The van der Waals surface area contributed by atoms with Gasteiger partial charge in [0.05, 0.1) is 19.8 Å². The number of aliphatic imine (C=N–C) groups is 1. The van der Waals surface area contributed by atoms with Crippen molar-refractivity contribution in [2.75, 3.05) is 40.0 Å². The van der Waals surface area contributed by atoms with Gasteiger partial charge in [-0.05, 0) is 62.4 Å². The average molecular weight is 598 g/mol. The molecule has 3 aromatic rings. The molecule has 0 unspecified atom stereocenters. The molecule has 2 aliphatic heterocycles. The number of esters is 1. The molecule has 5 rings (SSSR count). The quantitative estimate of drug-likeness (QED) is 0.202. The third-order valence-corrected chi connectivity index (χ3v) is 8.68. The summed E-state index contributed by atoms with van der Waals surface area (Å²) >= 11 is 0. The topological polar surface area (TPSA) is 69.6 Å². The second kappa shape index (κ2) is 15.3. The molecule has 44 heavy (non-hydrogen) atoms. The van der Waals surface area contributed by atoms with Crippen molar-refractivity contribution in [1.29, 1.82) is 0 Å². The highest BCUT2D eigenvalue weighted by molar-refractivity contribution is 5.99. The first kappa shape index (κ1) is 31.7. The number of amidine groups is 1. The van der Waals surface area contributed by atoms with Crippen LogP contribution in [0, 0.1) is 0 Å². The van der Waals surface area contributed by atoms with Crippen molar-refractivity contribution in [3.05, 3.63) is 101 Å². The number of nitrogens with zero attached hydrogens (tertiary/aromatic N) is 4. The number of rotatable bonds is 13. The molecule has 2 aliphatic rings. The Morgan fingerprint density at radius 3 is 2.50 bits per heavy atom. The molecular formula is C36H47N5O3. The lowest BCUT2D eigenvalue weighted by molar-refractivity contribution is -0.143. The maximum atomic E-state index is 11.7. The van der Waals surface area contributed by atoms with Gasteiger partial charge in [-0.2, -0.15) is 0 Å². The molecule has 0 radical (unpaired) electrons. The molecule has 2 heterocycles. The number of hydrazine groups is 1. The molecule has 3 aromatic carbocycles. The Kier molecular flexibility index (Phi) is 11.0. The number of unbranched alkanes of at least 4 members (excludes halogenated alkanes) is 1. The monoisotopic (exact) mass is 597 g/mol.